The minimum atomic E-state index is 0.458. The smallest absolute Gasteiger partial charge is 0.229 e. The summed E-state index contributed by atoms with van der Waals surface area (Å²) in [6.07, 6.45) is 7.62. The van der Waals surface area contributed by atoms with Crippen molar-refractivity contribution in [2.24, 2.45) is 5.92 Å². The van der Waals surface area contributed by atoms with Gasteiger partial charge in [0.05, 0.1) is 20.3 Å². The first-order valence-electron chi connectivity index (χ1n) is 7.48. The monoisotopic (exact) mass is 279 g/mol. The summed E-state index contributed by atoms with van der Waals surface area (Å²) in [5.74, 6) is 2.55. The van der Waals surface area contributed by atoms with E-state index in [1.54, 1.807) is 20.3 Å². The molecule has 1 fully saturated rings. The molecule has 5 nitrogen and oxygen atoms in total. The molecular weight excluding hydrogens is 254 g/mol. The Kier molecular flexibility index (Phi) is 5.44. The highest BCUT2D eigenvalue weighted by Crippen LogP contribution is 2.29. The summed E-state index contributed by atoms with van der Waals surface area (Å²) in [4.78, 5) is 8.65. The van der Waals surface area contributed by atoms with Crippen molar-refractivity contribution in [3.05, 3.63) is 6.07 Å². The topological polar surface area (TPSA) is 56.3 Å². The van der Waals surface area contributed by atoms with E-state index in [0.717, 1.165) is 5.92 Å². The van der Waals surface area contributed by atoms with Gasteiger partial charge in [-0.05, 0) is 31.6 Å². The van der Waals surface area contributed by atoms with Crippen LogP contribution < -0.4 is 14.8 Å². The lowest BCUT2D eigenvalue weighted by Gasteiger charge is -2.29. The summed E-state index contributed by atoms with van der Waals surface area (Å²) in [7, 11) is 3.20. The number of hydrogen-bond acceptors (Lipinski definition) is 5. The summed E-state index contributed by atoms with van der Waals surface area (Å²) in [6.45, 7) is 2.26. The van der Waals surface area contributed by atoms with Crippen LogP contribution in [0.1, 0.15) is 45.4 Å². The van der Waals surface area contributed by atoms with Crippen molar-refractivity contribution >= 4 is 5.95 Å². The molecule has 0 amide bonds. The van der Waals surface area contributed by atoms with Crippen LogP contribution in [0.15, 0.2) is 6.07 Å². The molecule has 1 saturated carbocycles. The average molecular weight is 279 g/mol. The fourth-order valence-corrected chi connectivity index (χ4v) is 2.86. The first kappa shape index (κ1) is 14.9. The quantitative estimate of drug-likeness (QED) is 0.866. The number of nitrogens with zero attached hydrogens (tertiary/aromatic N) is 2. The molecule has 2 rings (SSSR count). The summed E-state index contributed by atoms with van der Waals surface area (Å²) in [5, 5.41) is 3.41. The van der Waals surface area contributed by atoms with E-state index >= 15 is 0 Å². The molecule has 20 heavy (non-hydrogen) atoms. The molecule has 5 heteroatoms. The Labute approximate surface area is 121 Å². The minimum absolute atomic E-state index is 0.458. The van der Waals surface area contributed by atoms with Crippen molar-refractivity contribution in [1.82, 2.24) is 9.97 Å². The number of ether oxygens (including phenoxy) is 2. The van der Waals surface area contributed by atoms with Crippen LogP contribution in [0.25, 0.3) is 0 Å². The van der Waals surface area contributed by atoms with Gasteiger partial charge in [0.1, 0.15) is 0 Å². The average Bonchev–Trinajstić information content (AvgIpc) is 2.49. The second-order valence-corrected chi connectivity index (χ2v) is 5.43. The molecule has 1 aromatic rings. The van der Waals surface area contributed by atoms with Crippen LogP contribution in [0.2, 0.25) is 0 Å². The van der Waals surface area contributed by atoms with Crippen molar-refractivity contribution in [3.63, 3.8) is 0 Å². The maximum absolute atomic E-state index is 5.16. The number of methoxy groups -OCH3 is 2. The molecule has 1 heterocycles. The molecule has 0 saturated heterocycles. The Morgan fingerprint density at radius 2 is 1.70 bits per heavy atom. The molecule has 112 valence electrons. The highest BCUT2D eigenvalue weighted by Gasteiger charge is 2.21. The summed E-state index contributed by atoms with van der Waals surface area (Å²) in [6, 6.07) is 2.14. The molecule has 1 N–H and O–H groups in total. The van der Waals surface area contributed by atoms with Crippen molar-refractivity contribution in [3.8, 4) is 11.8 Å². The Hall–Kier alpha value is -1.52. The Morgan fingerprint density at radius 1 is 1.10 bits per heavy atom. The maximum Gasteiger partial charge on any atom is 0.229 e. The van der Waals surface area contributed by atoms with Crippen LogP contribution in [0.5, 0.6) is 11.8 Å². The number of rotatable bonds is 6. The molecule has 0 unspecified atom stereocenters. The Morgan fingerprint density at radius 3 is 2.20 bits per heavy atom. The molecule has 0 radical (unpaired) electrons. The van der Waals surface area contributed by atoms with Crippen LogP contribution in [0.4, 0.5) is 5.95 Å². The van der Waals surface area contributed by atoms with Gasteiger partial charge in [-0.15, -0.1) is 0 Å². The number of aromatic nitrogens is 2. The van der Waals surface area contributed by atoms with Crippen molar-refractivity contribution in [1.29, 1.82) is 0 Å². The van der Waals surface area contributed by atoms with E-state index in [0.29, 0.717) is 23.8 Å². The van der Waals surface area contributed by atoms with Crippen molar-refractivity contribution in [2.45, 2.75) is 51.5 Å². The van der Waals surface area contributed by atoms with Gasteiger partial charge in [-0.25, -0.2) is 0 Å². The lowest BCUT2D eigenvalue weighted by Crippen LogP contribution is -2.27. The van der Waals surface area contributed by atoms with Gasteiger partial charge in [0.15, 0.2) is 0 Å². The van der Waals surface area contributed by atoms with Crippen LogP contribution in [0.3, 0.4) is 0 Å². The van der Waals surface area contributed by atoms with Crippen molar-refractivity contribution in [2.75, 3.05) is 19.5 Å². The molecule has 0 atom stereocenters. The lowest BCUT2D eigenvalue weighted by atomic mass is 9.83. The highest BCUT2D eigenvalue weighted by molar-refractivity contribution is 5.34. The minimum Gasteiger partial charge on any atom is -0.481 e. The number of nitrogens with one attached hydrogen (secondary N) is 1. The van der Waals surface area contributed by atoms with Crippen LogP contribution >= 0.6 is 0 Å². The van der Waals surface area contributed by atoms with E-state index in [2.05, 4.69) is 22.2 Å². The van der Waals surface area contributed by atoms with Crippen LogP contribution in [-0.2, 0) is 0 Å². The molecule has 0 aliphatic heterocycles. The molecule has 0 bridgehead atoms. The maximum atomic E-state index is 5.16. The summed E-state index contributed by atoms with van der Waals surface area (Å²) in [5.41, 5.74) is 0. The molecule has 1 aliphatic rings. The van der Waals surface area contributed by atoms with E-state index < -0.39 is 0 Å². The molecule has 1 aliphatic carbocycles. The number of anilines is 1. The van der Waals surface area contributed by atoms with Gasteiger partial charge in [-0.2, -0.15) is 9.97 Å². The van der Waals surface area contributed by atoms with Gasteiger partial charge in [-0.1, -0.05) is 19.8 Å². The standard InChI is InChI=1S/C15H25N3O2/c1-4-5-11-6-8-12(9-7-11)16-15-17-13(19-2)10-14(18-15)20-3/h10-12H,4-9H2,1-3H3,(H,16,17,18). The second kappa shape index (κ2) is 7.31. The fourth-order valence-electron chi connectivity index (χ4n) is 2.86. The van der Waals surface area contributed by atoms with Gasteiger partial charge in [-0.3, -0.25) is 0 Å². The largest absolute Gasteiger partial charge is 0.481 e. The molecule has 1 aromatic heterocycles. The fraction of sp³-hybridized carbons (Fsp3) is 0.733. The van der Waals surface area contributed by atoms with Gasteiger partial charge in [0.2, 0.25) is 17.7 Å². The predicted octanol–water partition coefficient (Wildman–Crippen LogP) is 3.26. The first-order chi connectivity index (χ1) is 9.75. The second-order valence-electron chi connectivity index (χ2n) is 5.43. The van der Waals surface area contributed by atoms with Gasteiger partial charge < -0.3 is 14.8 Å². The van der Waals surface area contributed by atoms with E-state index in [1.165, 1.54) is 38.5 Å². The van der Waals surface area contributed by atoms with Crippen LogP contribution in [0, 0.1) is 5.92 Å². The third-order valence-corrected chi connectivity index (χ3v) is 3.97. The molecule has 0 spiro atoms. The normalized spacial score (nSPS) is 22.4. The number of hydrogen-bond donors (Lipinski definition) is 1. The van der Waals surface area contributed by atoms with E-state index in [9.17, 15) is 0 Å². The molecule has 0 aromatic carbocycles. The third kappa shape index (κ3) is 3.99. The lowest BCUT2D eigenvalue weighted by molar-refractivity contribution is 0.317. The van der Waals surface area contributed by atoms with Crippen LogP contribution in [-0.4, -0.2) is 30.2 Å². The molecular formula is C15H25N3O2. The summed E-state index contributed by atoms with van der Waals surface area (Å²) >= 11 is 0. The van der Waals surface area contributed by atoms with E-state index in [-0.39, 0.29) is 0 Å². The third-order valence-electron chi connectivity index (χ3n) is 3.97. The van der Waals surface area contributed by atoms with Gasteiger partial charge in [0.25, 0.3) is 0 Å². The summed E-state index contributed by atoms with van der Waals surface area (Å²) < 4.78 is 10.3. The zero-order chi connectivity index (χ0) is 14.4. The predicted molar refractivity (Wildman–Crippen MR) is 79.4 cm³/mol. The zero-order valence-electron chi connectivity index (χ0n) is 12.7. The van der Waals surface area contributed by atoms with Gasteiger partial charge >= 0.3 is 0 Å². The van der Waals surface area contributed by atoms with Crippen molar-refractivity contribution < 1.29 is 9.47 Å². The Bertz CT molecular complexity index is 395. The Balaban J connectivity index is 1.93. The SMILES string of the molecule is CCCC1CCC(Nc2nc(OC)cc(OC)n2)CC1. The zero-order valence-corrected chi connectivity index (χ0v) is 12.7. The van der Waals surface area contributed by atoms with E-state index in [4.69, 9.17) is 9.47 Å². The van der Waals surface area contributed by atoms with E-state index in [1.807, 2.05) is 0 Å². The van der Waals surface area contributed by atoms with Gasteiger partial charge in [0, 0.05) is 6.04 Å². The highest BCUT2D eigenvalue weighted by atomic mass is 16.5. The first-order valence-corrected chi connectivity index (χ1v) is 7.48.